The van der Waals surface area contributed by atoms with Gasteiger partial charge in [0.25, 0.3) is 0 Å². The quantitative estimate of drug-likeness (QED) is 0.465. The second kappa shape index (κ2) is 7.33. The van der Waals surface area contributed by atoms with Gasteiger partial charge in [-0.1, -0.05) is 0 Å². The van der Waals surface area contributed by atoms with E-state index in [1.165, 1.54) is 13.8 Å². The summed E-state index contributed by atoms with van der Waals surface area (Å²) in [4.78, 5) is 23.6. The molecule has 1 aromatic carbocycles. The Labute approximate surface area is 123 Å². The van der Waals surface area contributed by atoms with Crippen LogP contribution < -0.4 is 0 Å². The normalized spacial score (nSPS) is 10.5. The first-order valence-electron chi connectivity index (χ1n) is 5.90. The summed E-state index contributed by atoms with van der Waals surface area (Å²) >= 11 is 2.88. The zero-order chi connectivity index (χ0) is 15.3. The first-order chi connectivity index (χ1) is 9.43. The Morgan fingerprint density at radius 1 is 1.15 bits per heavy atom. The zero-order valence-corrected chi connectivity index (χ0v) is 12.5. The van der Waals surface area contributed by atoms with E-state index in [-0.39, 0.29) is 17.7 Å². The van der Waals surface area contributed by atoms with Gasteiger partial charge in [-0.2, -0.15) is 0 Å². The van der Waals surface area contributed by atoms with Crippen LogP contribution in [0.5, 0.6) is 0 Å². The van der Waals surface area contributed by atoms with Crippen LogP contribution in [0.2, 0.25) is 0 Å². The van der Waals surface area contributed by atoms with Crippen molar-refractivity contribution in [2.45, 2.75) is 19.8 Å². The molecule has 1 rings (SSSR count). The van der Waals surface area contributed by atoms with Gasteiger partial charge in [-0.05, 0) is 41.9 Å². The SMILES string of the molecule is CCOC(=O)C(C(=O)OCC)c1c(F)ccc(Br)c1F. The van der Waals surface area contributed by atoms with Gasteiger partial charge in [0, 0.05) is 0 Å². The highest BCUT2D eigenvalue weighted by Gasteiger charge is 2.36. The first kappa shape index (κ1) is 16.6. The van der Waals surface area contributed by atoms with Crippen molar-refractivity contribution in [2.75, 3.05) is 13.2 Å². The second-order valence-corrected chi connectivity index (χ2v) is 4.55. The number of hydrogen-bond acceptors (Lipinski definition) is 4. The van der Waals surface area contributed by atoms with E-state index in [2.05, 4.69) is 25.4 Å². The number of hydrogen-bond donors (Lipinski definition) is 0. The van der Waals surface area contributed by atoms with E-state index in [1.54, 1.807) is 0 Å². The van der Waals surface area contributed by atoms with Crippen LogP contribution in [0.4, 0.5) is 8.78 Å². The summed E-state index contributed by atoms with van der Waals surface area (Å²) in [5, 5.41) is 0. The number of carbonyl (C=O) groups excluding carboxylic acids is 2. The summed E-state index contributed by atoms with van der Waals surface area (Å²) in [6.07, 6.45) is 0. The number of ether oxygens (including phenoxy) is 2. The van der Waals surface area contributed by atoms with Gasteiger partial charge < -0.3 is 9.47 Å². The highest BCUT2D eigenvalue weighted by atomic mass is 79.9. The Morgan fingerprint density at radius 2 is 1.65 bits per heavy atom. The van der Waals surface area contributed by atoms with Gasteiger partial charge in [0.15, 0.2) is 5.92 Å². The monoisotopic (exact) mass is 350 g/mol. The van der Waals surface area contributed by atoms with Crippen LogP contribution in [0.1, 0.15) is 25.3 Å². The van der Waals surface area contributed by atoms with Crippen molar-refractivity contribution >= 4 is 27.9 Å². The summed E-state index contributed by atoms with van der Waals surface area (Å²) in [5.74, 6) is -5.94. The van der Waals surface area contributed by atoms with Gasteiger partial charge in [0.05, 0.1) is 23.2 Å². The minimum absolute atomic E-state index is 0.0218. The minimum Gasteiger partial charge on any atom is -0.465 e. The van der Waals surface area contributed by atoms with Crippen molar-refractivity contribution in [3.63, 3.8) is 0 Å². The largest absolute Gasteiger partial charge is 0.465 e. The van der Waals surface area contributed by atoms with Crippen molar-refractivity contribution in [3.8, 4) is 0 Å². The molecule has 0 saturated carbocycles. The van der Waals surface area contributed by atoms with Crippen LogP contribution in [-0.4, -0.2) is 25.2 Å². The maximum Gasteiger partial charge on any atom is 0.325 e. The van der Waals surface area contributed by atoms with E-state index in [0.717, 1.165) is 12.1 Å². The Bertz CT molecular complexity index is 501. The van der Waals surface area contributed by atoms with Crippen LogP contribution in [0.3, 0.4) is 0 Å². The predicted molar refractivity (Wildman–Crippen MR) is 70.1 cm³/mol. The van der Waals surface area contributed by atoms with Crippen molar-refractivity contribution < 1.29 is 27.8 Å². The Kier molecular flexibility index (Phi) is 6.06. The molecule has 0 atom stereocenters. The molecule has 20 heavy (non-hydrogen) atoms. The lowest BCUT2D eigenvalue weighted by Crippen LogP contribution is -2.28. The smallest absolute Gasteiger partial charge is 0.325 e. The fraction of sp³-hybridized carbons (Fsp3) is 0.385. The number of rotatable bonds is 5. The Hall–Kier alpha value is -1.50. The van der Waals surface area contributed by atoms with E-state index in [1.807, 2.05) is 0 Å². The Balaban J connectivity index is 3.34. The van der Waals surface area contributed by atoms with E-state index < -0.39 is 35.1 Å². The molecular weight excluding hydrogens is 338 g/mol. The molecule has 0 saturated heterocycles. The van der Waals surface area contributed by atoms with E-state index in [4.69, 9.17) is 0 Å². The van der Waals surface area contributed by atoms with E-state index >= 15 is 0 Å². The third-order valence-corrected chi connectivity index (χ3v) is 3.03. The second-order valence-electron chi connectivity index (χ2n) is 3.69. The third-order valence-electron chi connectivity index (χ3n) is 2.41. The third kappa shape index (κ3) is 3.53. The molecule has 0 radical (unpaired) electrons. The van der Waals surface area contributed by atoms with Crippen molar-refractivity contribution in [2.24, 2.45) is 0 Å². The van der Waals surface area contributed by atoms with Crippen LogP contribution in [0.25, 0.3) is 0 Å². The summed E-state index contributed by atoms with van der Waals surface area (Å²) in [6.45, 7) is 3.00. The summed E-state index contributed by atoms with van der Waals surface area (Å²) < 4.78 is 37.1. The molecule has 110 valence electrons. The highest BCUT2D eigenvalue weighted by Crippen LogP contribution is 2.29. The average Bonchev–Trinajstić information content (AvgIpc) is 2.39. The predicted octanol–water partition coefficient (Wildman–Crippen LogP) is 2.94. The fourth-order valence-electron chi connectivity index (χ4n) is 1.59. The van der Waals surface area contributed by atoms with Gasteiger partial charge >= 0.3 is 11.9 Å². The van der Waals surface area contributed by atoms with Crippen LogP contribution in [0.15, 0.2) is 16.6 Å². The molecule has 0 amide bonds. The van der Waals surface area contributed by atoms with Crippen LogP contribution in [0, 0.1) is 11.6 Å². The van der Waals surface area contributed by atoms with E-state index in [0.29, 0.717) is 0 Å². The van der Waals surface area contributed by atoms with Crippen molar-refractivity contribution in [1.82, 2.24) is 0 Å². The molecule has 0 heterocycles. The standard InChI is InChI=1S/C13H13BrF2O4/c1-3-19-12(17)10(13(18)20-4-2)9-8(15)6-5-7(14)11(9)16/h5-6,10H,3-4H2,1-2H3. The zero-order valence-electron chi connectivity index (χ0n) is 10.9. The van der Waals surface area contributed by atoms with Crippen LogP contribution >= 0.6 is 15.9 Å². The molecule has 0 aliphatic heterocycles. The van der Waals surface area contributed by atoms with Gasteiger partial charge in [-0.3, -0.25) is 9.59 Å². The summed E-state index contributed by atoms with van der Waals surface area (Å²) in [6, 6.07) is 2.09. The Morgan fingerprint density at radius 3 is 2.10 bits per heavy atom. The topological polar surface area (TPSA) is 52.6 Å². The van der Waals surface area contributed by atoms with Gasteiger partial charge in [-0.25, -0.2) is 8.78 Å². The maximum atomic E-state index is 14.0. The molecule has 0 aliphatic rings. The number of halogens is 3. The van der Waals surface area contributed by atoms with Crippen molar-refractivity contribution in [1.29, 1.82) is 0 Å². The minimum atomic E-state index is -1.78. The maximum absolute atomic E-state index is 14.0. The lowest BCUT2D eigenvalue weighted by atomic mass is 9.98. The molecule has 1 aromatic rings. The van der Waals surface area contributed by atoms with Crippen LogP contribution in [-0.2, 0) is 19.1 Å². The van der Waals surface area contributed by atoms with Gasteiger partial charge in [0.2, 0.25) is 0 Å². The molecule has 0 aliphatic carbocycles. The average molecular weight is 351 g/mol. The summed E-state index contributed by atoms with van der Waals surface area (Å²) in [7, 11) is 0. The lowest BCUT2D eigenvalue weighted by Gasteiger charge is -2.16. The number of esters is 2. The van der Waals surface area contributed by atoms with Gasteiger partial charge in [-0.15, -0.1) is 0 Å². The molecule has 0 fully saturated rings. The molecule has 0 bridgehead atoms. The molecule has 0 unspecified atom stereocenters. The number of carbonyl (C=O) groups is 2. The molecule has 0 N–H and O–H groups in total. The van der Waals surface area contributed by atoms with Gasteiger partial charge in [0.1, 0.15) is 11.6 Å². The van der Waals surface area contributed by atoms with Crippen molar-refractivity contribution in [3.05, 3.63) is 33.8 Å². The fourth-order valence-corrected chi connectivity index (χ4v) is 1.94. The number of benzene rings is 1. The molecular formula is C13H13BrF2O4. The molecule has 0 aromatic heterocycles. The summed E-state index contributed by atoms with van der Waals surface area (Å²) in [5.41, 5.74) is -0.684. The highest BCUT2D eigenvalue weighted by molar-refractivity contribution is 9.10. The molecule has 4 nitrogen and oxygen atoms in total. The molecule has 0 spiro atoms. The lowest BCUT2D eigenvalue weighted by molar-refractivity contribution is -0.157. The first-order valence-corrected chi connectivity index (χ1v) is 6.69. The van der Waals surface area contributed by atoms with E-state index in [9.17, 15) is 18.4 Å². The molecule has 7 heteroatoms.